The Kier molecular flexibility index (Phi) is 5.08. The molecule has 1 aromatic carbocycles. The minimum atomic E-state index is 0.117. The molecule has 1 aliphatic rings. The lowest BCUT2D eigenvalue weighted by Crippen LogP contribution is -2.41. The molecule has 1 aromatic heterocycles. The van der Waals surface area contributed by atoms with Crippen molar-refractivity contribution < 1.29 is 9.53 Å². The van der Waals surface area contributed by atoms with Gasteiger partial charge in [-0.1, -0.05) is 18.2 Å². The predicted octanol–water partition coefficient (Wildman–Crippen LogP) is 1.48. The van der Waals surface area contributed by atoms with Crippen LogP contribution in [-0.2, 0) is 16.1 Å². The summed E-state index contributed by atoms with van der Waals surface area (Å²) in [7, 11) is 0. The molecule has 1 fully saturated rings. The van der Waals surface area contributed by atoms with Gasteiger partial charge < -0.3 is 14.6 Å². The highest BCUT2D eigenvalue weighted by molar-refractivity contribution is 5.80. The van der Waals surface area contributed by atoms with Gasteiger partial charge in [-0.2, -0.15) is 0 Å². The first kappa shape index (κ1) is 15.1. The van der Waals surface area contributed by atoms with Gasteiger partial charge in [0.1, 0.15) is 0 Å². The molecule has 1 amide bonds. The highest BCUT2D eigenvalue weighted by Gasteiger charge is 2.10. The van der Waals surface area contributed by atoms with Gasteiger partial charge in [0.15, 0.2) is 0 Å². The minimum absolute atomic E-state index is 0.117. The Morgan fingerprint density at radius 1 is 1.14 bits per heavy atom. The number of amides is 1. The lowest BCUT2D eigenvalue weighted by molar-refractivity contribution is -0.121. The van der Waals surface area contributed by atoms with Crippen molar-refractivity contribution >= 4 is 16.8 Å². The first-order valence-corrected chi connectivity index (χ1v) is 7.93. The summed E-state index contributed by atoms with van der Waals surface area (Å²) < 4.78 is 7.45. The van der Waals surface area contributed by atoms with E-state index in [4.69, 9.17) is 4.74 Å². The number of fused-ring (bicyclic) bond motifs is 1. The number of nitrogens with one attached hydrogen (secondary N) is 1. The van der Waals surface area contributed by atoms with Gasteiger partial charge in [0.2, 0.25) is 5.91 Å². The second-order valence-corrected chi connectivity index (χ2v) is 5.62. The number of rotatable bonds is 6. The number of hydrogen-bond donors (Lipinski definition) is 1. The maximum atomic E-state index is 11.9. The SMILES string of the molecule is O=C(CCn1ccc2ccccc21)NCCN1CCOCC1. The van der Waals surface area contributed by atoms with Gasteiger partial charge in [-0.15, -0.1) is 0 Å². The van der Waals surface area contributed by atoms with Crippen LogP contribution in [0, 0.1) is 0 Å². The average molecular weight is 301 g/mol. The largest absolute Gasteiger partial charge is 0.379 e. The van der Waals surface area contributed by atoms with Crippen LogP contribution < -0.4 is 5.32 Å². The number of para-hydroxylation sites is 1. The molecule has 2 heterocycles. The van der Waals surface area contributed by atoms with Crippen molar-refractivity contribution in [1.82, 2.24) is 14.8 Å². The molecule has 0 radical (unpaired) electrons. The quantitative estimate of drug-likeness (QED) is 0.879. The molecular formula is C17H23N3O2. The average Bonchev–Trinajstić information content (AvgIpc) is 2.97. The molecule has 1 aliphatic heterocycles. The molecule has 3 rings (SSSR count). The van der Waals surface area contributed by atoms with E-state index in [0.29, 0.717) is 13.0 Å². The van der Waals surface area contributed by atoms with E-state index in [2.05, 4.69) is 33.0 Å². The normalized spacial score (nSPS) is 16.0. The van der Waals surface area contributed by atoms with E-state index >= 15 is 0 Å². The molecule has 118 valence electrons. The van der Waals surface area contributed by atoms with E-state index in [0.717, 1.165) is 39.4 Å². The third-order valence-electron chi connectivity index (χ3n) is 4.11. The zero-order chi connectivity index (χ0) is 15.2. The summed E-state index contributed by atoms with van der Waals surface area (Å²) in [6, 6.07) is 10.3. The first-order chi connectivity index (χ1) is 10.8. The third-order valence-corrected chi connectivity index (χ3v) is 4.11. The van der Waals surface area contributed by atoms with Crippen molar-refractivity contribution in [2.75, 3.05) is 39.4 Å². The molecule has 0 spiro atoms. The maximum Gasteiger partial charge on any atom is 0.221 e. The summed E-state index contributed by atoms with van der Waals surface area (Å²) in [4.78, 5) is 14.3. The lowest BCUT2D eigenvalue weighted by atomic mass is 10.2. The summed E-state index contributed by atoms with van der Waals surface area (Å²) in [5.74, 6) is 0.117. The molecule has 0 saturated carbocycles. The lowest BCUT2D eigenvalue weighted by Gasteiger charge is -2.26. The number of aromatic nitrogens is 1. The van der Waals surface area contributed by atoms with Gasteiger partial charge in [0, 0.05) is 50.9 Å². The van der Waals surface area contributed by atoms with E-state index < -0.39 is 0 Å². The van der Waals surface area contributed by atoms with Gasteiger partial charge in [-0.05, 0) is 17.5 Å². The molecule has 0 unspecified atom stereocenters. The number of benzene rings is 1. The topological polar surface area (TPSA) is 46.5 Å². The van der Waals surface area contributed by atoms with E-state index in [9.17, 15) is 4.79 Å². The molecule has 5 heteroatoms. The van der Waals surface area contributed by atoms with Crippen LogP contribution in [0.15, 0.2) is 36.5 Å². The Morgan fingerprint density at radius 2 is 1.95 bits per heavy atom. The number of carbonyl (C=O) groups is 1. The Morgan fingerprint density at radius 3 is 2.82 bits per heavy atom. The number of ether oxygens (including phenoxy) is 1. The standard InChI is InChI=1S/C17H23N3O2/c21-17(18-7-10-19-11-13-22-14-12-19)6-9-20-8-5-15-3-1-2-4-16(15)20/h1-5,8H,6-7,9-14H2,(H,18,21). The van der Waals surface area contributed by atoms with E-state index in [1.54, 1.807) is 0 Å². The minimum Gasteiger partial charge on any atom is -0.379 e. The van der Waals surface area contributed by atoms with Gasteiger partial charge in [0.05, 0.1) is 13.2 Å². The van der Waals surface area contributed by atoms with Crippen molar-refractivity contribution in [3.63, 3.8) is 0 Å². The Bertz CT molecular complexity index is 617. The second-order valence-electron chi connectivity index (χ2n) is 5.62. The van der Waals surface area contributed by atoms with Crippen LogP contribution in [0.25, 0.3) is 10.9 Å². The fraction of sp³-hybridized carbons (Fsp3) is 0.471. The van der Waals surface area contributed by atoms with Gasteiger partial charge >= 0.3 is 0 Å². The summed E-state index contributed by atoms with van der Waals surface area (Å²) in [5.41, 5.74) is 1.18. The van der Waals surface area contributed by atoms with Gasteiger partial charge in [0.25, 0.3) is 0 Å². The van der Waals surface area contributed by atoms with Crippen LogP contribution in [-0.4, -0.2) is 54.8 Å². The predicted molar refractivity (Wildman–Crippen MR) is 86.8 cm³/mol. The number of carbonyl (C=O) groups excluding carboxylic acids is 1. The molecular weight excluding hydrogens is 278 g/mol. The molecule has 0 atom stereocenters. The number of hydrogen-bond acceptors (Lipinski definition) is 3. The van der Waals surface area contributed by atoms with Crippen molar-refractivity contribution in [3.05, 3.63) is 36.5 Å². The fourth-order valence-electron chi connectivity index (χ4n) is 2.82. The van der Waals surface area contributed by atoms with Gasteiger partial charge in [-0.3, -0.25) is 9.69 Å². The van der Waals surface area contributed by atoms with Crippen LogP contribution >= 0.6 is 0 Å². The highest BCUT2D eigenvalue weighted by Crippen LogP contribution is 2.15. The Hall–Kier alpha value is -1.85. The molecule has 0 aliphatic carbocycles. The highest BCUT2D eigenvalue weighted by atomic mass is 16.5. The van der Waals surface area contributed by atoms with Crippen LogP contribution in [0.5, 0.6) is 0 Å². The maximum absolute atomic E-state index is 11.9. The Labute approximate surface area is 130 Å². The van der Waals surface area contributed by atoms with E-state index in [-0.39, 0.29) is 5.91 Å². The van der Waals surface area contributed by atoms with Crippen LogP contribution in [0.3, 0.4) is 0 Å². The van der Waals surface area contributed by atoms with Crippen molar-refractivity contribution in [3.8, 4) is 0 Å². The zero-order valence-electron chi connectivity index (χ0n) is 12.8. The smallest absolute Gasteiger partial charge is 0.221 e. The van der Waals surface area contributed by atoms with Crippen LogP contribution in [0.2, 0.25) is 0 Å². The zero-order valence-corrected chi connectivity index (χ0v) is 12.8. The number of aryl methyl sites for hydroxylation is 1. The summed E-state index contributed by atoms with van der Waals surface area (Å²) >= 11 is 0. The van der Waals surface area contributed by atoms with Gasteiger partial charge in [-0.25, -0.2) is 0 Å². The summed E-state index contributed by atoms with van der Waals surface area (Å²) in [5, 5.41) is 4.22. The molecule has 5 nitrogen and oxygen atoms in total. The summed E-state index contributed by atoms with van der Waals surface area (Å²) in [6.45, 7) is 5.86. The molecule has 1 saturated heterocycles. The van der Waals surface area contributed by atoms with E-state index in [1.807, 2.05) is 18.3 Å². The van der Waals surface area contributed by atoms with E-state index in [1.165, 1.54) is 10.9 Å². The first-order valence-electron chi connectivity index (χ1n) is 7.93. The second kappa shape index (κ2) is 7.42. The summed E-state index contributed by atoms with van der Waals surface area (Å²) in [6.07, 6.45) is 2.56. The van der Waals surface area contributed by atoms with Crippen LogP contribution in [0.4, 0.5) is 0 Å². The van der Waals surface area contributed by atoms with Crippen LogP contribution in [0.1, 0.15) is 6.42 Å². The molecule has 22 heavy (non-hydrogen) atoms. The number of morpholine rings is 1. The fourth-order valence-corrected chi connectivity index (χ4v) is 2.82. The van der Waals surface area contributed by atoms with Crippen molar-refractivity contribution in [2.45, 2.75) is 13.0 Å². The molecule has 0 bridgehead atoms. The third kappa shape index (κ3) is 3.87. The monoisotopic (exact) mass is 301 g/mol. The number of nitrogens with zero attached hydrogens (tertiary/aromatic N) is 2. The van der Waals surface area contributed by atoms with Crippen molar-refractivity contribution in [1.29, 1.82) is 0 Å². The Balaban J connectivity index is 1.40. The molecule has 2 aromatic rings. The molecule has 1 N–H and O–H groups in total. The van der Waals surface area contributed by atoms with Crippen molar-refractivity contribution in [2.24, 2.45) is 0 Å².